The summed E-state index contributed by atoms with van der Waals surface area (Å²) in [6, 6.07) is 12.7. The highest BCUT2D eigenvalue weighted by molar-refractivity contribution is 7.99. The monoisotopic (exact) mass is 405 g/mol. The van der Waals surface area contributed by atoms with Gasteiger partial charge in [0.05, 0.1) is 23.8 Å². The summed E-state index contributed by atoms with van der Waals surface area (Å²) in [6.45, 7) is 0. The molecule has 0 aliphatic carbocycles. The van der Waals surface area contributed by atoms with Crippen LogP contribution in [0.15, 0.2) is 58.8 Å². The largest absolute Gasteiger partial charge is 0.497 e. The second-order valence-corrected chi connectivity index (χ2v) is 6.24. The minimum atomic E-state index is -2.73. The van der Waals surface area contributed by atoms with E-state index < -0.39 is 10.7 Å². The molecule has 11 heteroatoms. The van der Waals surface area contributed by atoms with Gasteiger partial charge < -0.3 is 4.74 Å². The Morgan fingerprint density at radius 2 is 1.93 bits per heavy atom. The number of nitro benzene ring substituents is 1. The van der Waals surface area contributed by atoms with Crippen LogP contribution in [0.2, 0.25) is 0 Å². The zero-order valence-corrected chi connectivity index (χ0v) is 15.2. The maximum absolute atomic E-state index is 12.9. The molecule has 8 nitrogen and oxygen atoms in total. The summed E-state index contributed by atoms with van der Waals surface area (Å²) in [4.78, 5) is 10.6. The van der Waals surface area contributed by atoms with Crippen LogP contribution in [0.1, 0.15) is 5.56 Å². The van der Waals surface area contributed by atoms with Crippen LogP contribution >= 0.6 is 11.8 Å². The van der Waals surface area contributed by atoms with E-state index in [1.165, 1.54) is 31.5 Å². The molecule has 0 unspecified atom stereocenters. The molecule has 3 rings (SSSR count). The number of para-hydroxylation sites is 1. The average Bonchev–Trinajstić information content (AvgIpc) is 3.08. The summed E-state index contributed by atoms with van der Waals surface area (Å²) in [5, 5.41) is 22.8. The first-order valence-corrected chi connectivity index (χ1v) is 8.70. The third-order valence-corrected chi connectivity index (χ3v) is 4.24. The molecule has 1 aromatic heterocycles. The fourth-order valence-electron chi connectivity index (χ4n) is 2.33. The number of benzene rings is 2. The molecule has 0 radical (unpaired) electrons. The molecule has 0 saturated carbocycles. The Labute approximate surface area is 162 Å². The predicted molar refractivity (Wildman–Crippen MR) is 100.0 cm³/mol. The lowest BCUT2D eigenvalue weighted by Crippen LogP contribution is -2.00. The van der Waals surface area contributed by atoms with Crippen LogP contribution in [0.3, 0.4) is 0 Å². The third kappa shape index (κ3) is 4.31. The van der Waals surface area contributed by atoms with Crippen molar-refractivity contribution in [2.75, 3.05) is 7.11 Å². The summed E-state index contributed by atoms with van der Waals surface area (Å²) in [5.74, 6) is -1.91. The third-order valence-electron chi connectivity index (χ3n) is 3.60. The van der Waals surface area contributed by atoms with Gasteiger partial charge in [-0.3, -0.25) is 10.1 Å². The van der Waals surface area contributed by atoms with Crippen molar-refractivity contribution in [2.24, 2.45) is 5.10 Å². The number of ether oxygens (including phenoxy) is 1. The van der Waals surface area contributed by atoms with E-state index in [-0.39, 0.29) is 34.0 Å². The highest BCUT2D eigenvalue weighted by Crippen LogP contribution is 2.29. The number of hydrogen-bond donors (Lipinski definition) is 0. The first kappa shape index (κ1) is 19.4. The molecule has 0 spiro atoms. The molecule has 2 aromatic carbocycles. The van der Waals surface area contributed by atoms with E-state index in [2.05, 4.69) is 15.3 Å². The van der Waals surface area contributed by atoms with Gasteiger partial charge in [-0.1, -0.05) is 12.1 Å². The molecule has 144 valence electrons. The summed E-state index contributed by atoms with van der Waals surface area (Å²) in [5.41, 5.74) is 0.623. The van der Waals surface area contributed by atoms with Crippen LogP contribution in [-0.4, -0.2) is 38.9 Å². The van der Waals surface area contributed by atoms with Crippen molar-refractivity contribution in [3.05, 3.63) is 64.2 Å². The second-order valence-electron chi connectivity index (χ2n) is 5.29. The second kappa shape index (κ2) is 8.57. The number of nitro groups is 1. The van der Waals surface area contributed by atoms with Crippen molar-refractivity contribution in [3.63, 3.8) is 0 Å². The Morgan fingerprint density at radius 1 is 1.21 bits per heavy atom. The molecule has 0 aliphatic heterocycles. The van der Waals surface area contributed by atoms with Crippen molar-refractivity contribution >= 4 is 23.7 Å². The van der Waals surface area contributed by atoms with E-state index in [1.807, 2.05) is 0 Å². The van der Waals surface area contributed by atoms with Gasteiger partial charge in [0.2, 0.25) is 5.16 Å². The van der Waals surface area contributed by atoms with Gasteiger partial charge in [0.15, 0.2) is 5.82 Å². The van der Waals surface area contributed by atoms with E-state index in [0.29, 0.717) is 11.3 Å². The van der Waals surface area contributed by atoms with Crippen LogP contribution in [0.4, 0.5) is 14.5 Å². The van der Waals surface area contributed by atoms with Crippen molar-refractivity contribution in [1.82, 2.24) is 14.9 Å². The Hall–Kier alpha value is -3.34. The lowest BCUT2D eigenvalue weighted by molar-refractivity contribution is -0.385. The van der Waals surface area contributed by atoms with E-state index in [0.717, 1.165) is 4.68 Å². The summed E-state index contributed by atoms with van der Waals surface area (Å²) >= 11 is 0.178. The fourth-order valence-corrected chi connectivity index (χ4v) is 2.81. The summed E-state index contributed by atoms with van der Waals surface area (Å²) in [6.07, 6.45) is 1.21. The van der Waals surface area contributed by atoms with Crippen LogP contribution in [0.25, 0.3) is 11.4 Å². The molecule has 28 heavy (non-hydrogen) atoms. The first-order chi connectivity index (χ1) is 13.5. The van der Waals surface area contributed by atoms with Gasteiger partial charge in [-0.25, -0.2) is 0 Å². The van der Waals surface area contributed by atoms with Crippen LogP contribution in [0, 0.1) is 10.1 Å². The van der Waals surface area contributed by atoms with E-state index in [4.69, 9.17) is 4.74 Å². The number of alkyl halides is 2. The standard InChI is InChI=1S/C17H13F2N5O3S/c1-27-13-8-6-11(7-9-13)15-21-22-17(28-16(18)19)23(15)20-10-12-4-2-3-5-14(12)24(25)26/h2-10,16H,1H3/b20-10-. The van der Waals surface area contributed by atoms with Crippen LogP contribution in [0.5, 0.6) is 5.75 Å². The highest BCUT2D eigenvalue weighted by Gasteiger charge is 2.18. The van der Waals surface area contributed by atoms with Gasteiger partial charge in [0, 0.05) is 11.6 Å². The quantitative estimate of drug-likeness (QED) is 0.255. The van der Waals surface area contributed by atoms with Crippen molar-refractivity contribution in [1.29, 1.82) is 0 Å². The normalized spacial score (nSPS) is 11.3. The van der Waals surface area contributed by atoms with Crippen molar-refractivity contribution in [3.8, 4) is 17.1 Å². The molecule has 1 heterocycles. The van der Waals surface area contributed by atoms with E-state index >= 15 is 0 Å². The molecular weight excluding hydrogens is 392 g/mol. The SMILES string of the molecule is COc1ccc(-c2nnc(SC(F)F)n2/N=C\c2ccccc2[N+](=O)[O-])cc1. The van der Waals surface area contributed by atoms with Gasteiger partial charge >= 0.3 is 0 Å². The number of rotatable bonds is 7. The van der Waals surface area contributed by atoms with Crippen LogP contribution in [-0.2, 0) is 0 Å². The van der Waals surface area contributed by atoms with Crippen molar-refractivity contribution < 1.29 is 18.4 Å². The molecule has 0 aliphatic rings. The minimum Gasteiger partial charge on any atom is -0.497 e. The molecule has 0 N–H and O–H groups in total. The lowest BCUT2D eigenvalue weighted by atomic mass is 10.2. The minimum absolute atomic E-state index is 0.143. The number of thioether (sulfide) groups is 1. The molecule has 0 atom stereocenters. The maximum atomic E-state index is 12.9. The van der Waals surface area contributed by atoms with Gasteiger partial charge in [-0.2, -0.15) is 18.6 Å². The van der Waals surface area contributed by atoms with Gasteiger partial charge in [0.1, 0.15) is 5.75 Å². The number of halogens is 2. The molecule has 0 amide bonds. The van der Waals surface area contributed by atoms with Gasteiger partial charge in [0.25, 0.3) is 11.4 Å². The first-order valence-electron chi connectivity index (χ1n) is 7.82. The zero-order chi connectivity index (χ0) is 20.1. The summed E-state index contributed by atoms with van der Waals surface area (Å²) < 4.78 is 32.0. The number of hydrogen-bond acceptors (Lipinski definition) is 7. The highest BCUT2D eigenvalue weighted by atomic mass is 32.2. The average molecular weight is 405 g/mol. The number of nitrogens with zero attached hydrogens (tertiary/aromatic N) is 5. The molecular formula is C17H13F2N5O3S. The maximum Gasteiger partial charge on any atom is 0.291 e. The Balaban J connectivity index is 2.04. The Morgan fingerprint density at radius 3 is 2.57 bits per heavy atom. The Kier molecular flexibility index (Phi) is 5.94. The van der Waals surface area contributed by atoms with E-state index in [1.54, 1.807) is 30.3 Å². The zero-order valence-electron chi connectivity index (χ0n) is 14.4. The van der Waals surface area contributed by atoms with Crippen LogP contribution < -0.4 is 4.74 Å². The molecule has 0 bridgehead atoms. The smallest absolute Gasteiger partial charge is 0.291 e. The molecule has 0 fully saturated rings. The Bertz CT molecular complexity index is 1010. The topological polar surface area (TPSA) is 95.4 Å². The molecule has 0 saturated heterocycles. The van der Waals surface area contributed by atoms with Gasteiger partial charge in [-0.15, -0.1) is 10.2 Å². The summed E-state index contributed by atoms with van der Waals surface area (Å²) in [7, 11) is 1.52. The fraction of sp³-hybridized carbons (Fsp3) is 0.118. The van der Waals surface area contributed by atoms with E-state index in [9.17, 15) is 18.9 Å². The lowest BCUT2D eigenvalue weighted by Gasteiger charge is -2.05. The van der Waals surface area contributed by atoms with Crippen molar-refractivity contribution in [2.45, 2.75) is 10.9 Å². The van der Waals surface area contributed by atoms with Gasteiger partial charge in [-0.05, 0) is 42.1 Å². The molecule has 3 aromatic rings. The number of methoxy groups -OCH3 is 1. The number of aromatic nitrogens is 3. The predicted octanol–water partition coefficient (Wildman–Crippen LogP) is 4.06.